The molecule has 0 aromatic rings. The lowest BCUT2D eigenvalue weighted by Crippen LogP contribution is -2.30. The first-order chi connectivity index (χ1) is 48.9. The minimum Gasteiger partial charge on any atom is -0.462 e. The second kappa shape index (κ2) is 73.6. The van der Waals surface area contributed by atoms with Crippen LogP contribution in [0.5, 0.6) is 0 Å². The third-order valence-electron chi connectivity index (χ3n) is 19.6. The van der Waals surface area contributed by atoms with Crippen LogP contribution in [-0.4, -0.2) is 96.7 Å². The molecule has 600 valence electrons. The maximum absolute atomic E-state index is 13.1. The van der Waals surface area contributed by atoms with Crippen LogP contribution in [0.2, 0.25) is 0 Å². The topological polar surface area (TPSA) is 237 Å². The molecule has 0 saturated carbocycles. The molecule has 0 aromatic heterocycles. The van der Waals surface area contributed by atoms with Gasteiger partial charge < -0.3 is 33.8 Å². The number of carbonyl (C=O) groups is 4. The van der Waals surface area contributed by atoms with Gasteiger partial charge in [-0.2, -0.15) is 0 Å². The molecule has 0 aromatic carbocycles. The van der Waals surface area contributed by atoms with Crippen molar-refractivity contribution in [2.24, 2.45) is 11.8 Å². The van der Waals surface area contributed by atoms with E-state index in [4.69, 9.17) is 37.0 Å². The van der Waals surface area contributed by atoms with Gasteiger partial charge in [0.05, 0.1) is 26.4 Å². The predicted molar refractivity (Wildman–Crippen MR) is 414 cm³/mol. The molecule has 6 atom stereocenters. The van der Waals surface area contributed by atoms with Gasteiger partial charge in [-0.05, 0) is 37.5 Å². The van der Waals surface area contributed by atoms with Crippen molar-refractivity contribution in [2.45, 2.75) is 452 Å². The zero-order valence-electron chi connectivity index (χ0n) is 66.2. The quantitative estimate of drug-likeness (QED) is 0.0222. The number of ether oxygens (including phenoxy) is 4. The van der Waals surface area contributed by atoms with Gasteiger partial charge in [0.25, 0.3) is 0 Å². The molecule has 17 nitrogen and oxygen atoms in total. The minimum absolute atomic E-state index is 0.107. The Bertz CT molecular complexity index is 1940. The standard InChI is InChI=1S/C82H160O17P2/c1-7-10-12-14-16-18-19-20-21-22-23-24-25-32-37-42-48-54-60-66-82(87)99-78(71-93-80(85)65-59-53-47-41-36-31-27-26-30-35-40-45-51-57-63-75(6)9-3)73-97-101(90,91)95-69-76(83)68-94-100(88,89)96-72-77(70-92-79(84)64-58-52-46-17-15-13-11-8-2)98-81(86)67-61-55-49-43-38-33-28-29-34-39-44-50-56-62-74(4)5/h74-78,83H,7-73H2,1-6H3,(H,88,89)(H,90,91)/t75?,76-,77+,78+/m0/s1. The van der Waals surface area contributed by atoms with Crippen LogP contribution in [0, 0.1) is 11.8 Å². The average Bonchev–Trinajstić information content (AvgIpc) is 0.920. The first kappa shape index (κ1) is 99.1. The summed E-state index contributed by atoms with van der Waals surface area (Å²) in [5.74, 6) is -0.472. The maximum Gasteiger partial charge on any atom is 0.472 e. The zero-order chi connectivity index (χ0) is 74.2. The molecule has 0 heterocycles. The number of phosphoric ester groups is 2. The van der Waals surface area contributed by atoms with Gasteiger partial charge >= 0.3 is 39.5 Å². The molecular formula is C82H160O17P2. The summed E-state index contributed by atoms with van der Waals surface area (Å²) in [6.45, 7) is 9.69. The Morgan fingerprint density at radius 2 is 0.505 bits per heavy atom. The van der Waals surface area contributed by atoms with E-state index in [0.29, 0.717) is 25.7 Å². The van der Waals surface area contributed by atoms with E-state index in [1.165, 1.54) is 244 Å². The number of esters is 4. The first-order valence-electron chi connectivity index (χ1n) is 42.5. The smallest absolute Gasteiger partial charge is 0.462 e. The summed E-state index contributed by atoms with van der Waals surface area (Å²) in [4.78, 5) is 73.0. The van der Waals surface area contributed by atoms with Gasteiger partial charge in [0.1, 0.15) is 19.3 Å². The fraction of sp³-hybridized carbons (Fsp3) is 0.951. The second-order valence-corrected chi connectivity index (χ2v) is 33.1. The summed E-state index contributed by atoms with van der Waals surface area (Å²) in [5, 5.41) is 10.6. The van der Waals surface area contributed by atoms with Crippen LogP contribution in [0.4, 0.5) is 0 Å². The minimum atomic E-state index is -4.96. The molecule has 0 bridgehead atoms. The Labute approximate surface area is 619 Å². The Morgan fingerprint density at radius 1 is 0.287 bits per heavy atom. The SMILES string of the molecule is CCCCCCCCCCCCCCCCCCCCCC(=O)O[C@H](COC(=O)CCCCCCCCCCCCCCCCC(C)CC)COP(=O)(O)OC[C@@H](O)COP(=O)(O)OC[C@@H](COC(=O)CCCCCCCCCC)OC(=O)CCCCCCCCCCCCCCCC(C)C. The van der Waals surface area contributed by atoms with Crippen LogP contribution in [0.1, 0.15) is 433 Å². The Hall–Kier alpha value is -1.94. The summed E-state index contributed by atoms with van der Waals surface area (Å²) in [6.07, 6.45) is 63.8. The molecule has 0 spiro atoms. The van der Waals surface area contributed by atoms with Crippen LogP contribution < -0.4 is 0 Å². The largest absolute Gasteiger partial charge is 0.472 e. The molecule has 0 radical (unpaired) electrons. The van der Waals surface area contributed by atoms with Crippen LogP contribution in [0.25, 0.3) is 0 Å². The molecule has 19 heteroatoms. The van der Waals surface area contributed by atoms with Gasteiger partial charge in [-0.1, -0.05) is 382 Å². The highest BCUT2D eigenvalue weighted by Gasteiger charge is 2.30. The highest BCUT2D eigenvalue weighted by molar-refractivity contribution is 7.47. The van der Waals surface area contributed by atoms with E-state index in [9.17, 15) is 43.2 Å². The Morgan fingerprint density at radius 3 is 0.752 bits per heavy atom. The van der Waals surface area contributed by atoms with Crippen molar-refractivity contribution in [3.8, 4) is 0 Å². The number of phosphoric acid groups is 2. The van der Waals surface area contributed by atoms with Crippen molar-refractivity contribution >= 4 is 39.5 Å². The number of rotatable bonds is 81. The van der Waals surface area contributed by atoms with E-state index in [1.54, 1.807) is 0 Å². The molecule has 0 fully saturated rings. The lowest BCUT2D eigenvalue weighted by molar-refractivity contribution is -0.161. The molecule has 0 aliphatic rings. The van der Waals surface area contributed by atoms with E-state index in [2.05, 4.69) is 41.5 Å². The Kier molecular flexibility index (Phi) is 72.2. The van der Waals surface area contributed by atoms with Crippen molar-refractivity contribution < 1.29 is 80.2 Å². The lowest BCUT2D eigenvalue weighted by atomic mass is 9.99. The highest BCUT2D eigenvalue weighted by Crippen LogP contribution is 2.45. The normalized spacial score (nSPS) is 14.2. The van der Waals surface area contributed by atoms with E-state index in [-0.39, 0.29) is 25.7 Å². The molecule has 0 aliphatic carbocycles. The zero-order valence-corrected chi connectivity index (χ0v) is 68.0. The van der Waals surface area contributed by atoms with Crippen molar-refractivity contribution in [1.82, 2.24) is 0 Å². The number of aliphatic hydroxyl groups is 1. The average molecular weight is 1480 g/mol. The van der Waals surface area contributed by atoms with Gasteiger partial charge in [-0.15, -0.1) is 0 Å². The third-order valence-corrected chi connectivity index (χ3v) is 21.5. The van der Waals surface area contributed by atoms with Crippen molar-refractivity contribution in [3.05, 3.63) is 0 Å². The van der Waals surface area contributed by atoms with Gasteiger partial charge in [0.2, 0.25) is 0 Å². The maximum atomic E-state index is 13.1. The number of hydrogen-bond acceptors (Lipinski definition) is 15. The summed E-state index contributed by atoms with van der Waals surface area (Å²) in [5.41, 5.74) is 0. The lowest BCUT2D eigenvalue weighted by Gasteiger charge is -2.21. The summed E-state index contributed by atoms with van der Waals surface area (Å²) < 4.78 is 68.7. The molecule has 0 aliphatic heterocycles. The first-order valence-corrected chi connectivity index (χ1v) is 45.5. The van der Waals surface area contributed by atoms with Gasteiger partial charge in [0.15, 0.2) is 12.2 Å². The Balaban J connectivity index is 5.20. The molecule has 101 heavy (non-hydrogen) atoms. The molecule has 3 N–H and O–H groups in total. The molecular weight excluding hydrogens is 1320 g/mol. The summed E-state index contributed by atoms with van der Waals surface area (Å²) >= 11 is 0. The van der Waals surface area contributed by atoms with Crippen LogP contribution >= 0.6 is 15.6 Å². The second-order valence-electron chi connectivity index (χ2n) is 30.2. The van der Waals surface area contributed by atoms with Gasteiger partial charge in [0, 0.05) is 25.7 Å². The number of aliphatic hydroxyl groups excluding tert-OH is 1. The number of hydrogen-bond donors (Lipinski definition) is 3. The third kappa shape index (κ3) is 74.7. The van der Waals surface area contributed by atoms with Gasteiger partial charge in [-0.25, -0.2) is 9.13 Å². The van der Waals surface area contributed by atoms with E-state index in [0.717, 1.165) is 108 Å². The van der Waals surface area contributed by atoms with Crippen LogP contribution in [-0.2, 0) is 65.4 Å². The van der Waals surface area contributed by atoms with Crippen molar-refractivity contribution in [2.75, 3.05) is 39.6 Å². The summed E-state index contributed by atoms with van der Waals surface area (Å²) in [7, 11) is -9.92. The van der Waals surface area contributed by atoms with E-state index in [1.807, 2.05) is 0 Å². The predicted octanol–water partition coefficient (Wildman–Crippen LogP) is 24.7. The van der Waals surface area contributed by atoms with Crippen molar-refractivity contribution in [3.63, 3.8) is 0 Å². The molecule has 0 amide bonds. The molecule has 0 rings (SSSR count). The molecule has 0 saturated heterocycles. The van der Waals surface area contributed by atoms with Crippen LogP contribution in [0.15, 0.2) is 0 Å². The highest BCUT2D eigenvalue weighted by atomic mass is 31.2. The van der Waals surface area contributed by atoms with E-state index < -0.39 is 97.5 Å². The summed E-state index contributed by atoms with van der Waals surface area (Å²) in [6, 6.07) is 0. The van der Waals surface area contributed by atoms with Gasteiger partial charge in [-0.3, -0.25) is 37.3 Å². The van der Waals surface area contributed by atoms with Crippen LogP contribution in [0.3, 0.4) is 0 Å². The number of unbranched alkanes of at least 4 members (excludes halogenated alkanes) is 50. The number of carbonyl (C=O) groups excluding carboxylic acids is 4. The fourth-order valence-corrected chi connectivity index (χ4v) is 14.3. The van der Waals surface area contributed by atoms with Crippen molar-refractivity contribution in [1.29, 1.82) is 0 Å². The fourth-order valence-electron chi connectivity index (χ4n) is 12.7. The monoisotopic (exact) mass is 1480 g/mol. The molecule has 3 unspecified atom stereocenters. The van der Waals surface area contributed by atoms with E-state index >= 15 is 0 Å².